The highest BCUT2D eigenvalue weighted by Crippen LogP contribution is 2.39. The fourth-order valence-corrected chi connectivity index (χ4v) is 1.32. The molecular weight excluding hydrogens is 210 g/mol. The molecule has 2 rings (SSSR count). The summed E-state index contributed by atoms with van der Waals surface area (Å²) in [6, 6.07) is 1.66. The zero-order valence-corrected chi connectivity index (χ0v) is 8.90. The van der Waals surface area contributed by atoms with Crippen LogP contribution in [0.25, 0.3) is 0 Å². The van der Waals surface area contributed by atoms with Gasteiger partial charge in [0.05, 0.1) is 0 Å². The highest BCUT2D eigenvalue weighted by atomic mass is 16.5. The number of hydrogen-bond acceptors (Lipinski definition) is 4. The second kappa shape index (κ2) is 3.96. The van der Waals surface area contributed by atoms with Crippen LogP contribution in [0.15, 0.2) is 6.07 Å². The minimum absolute atomic E-state index is 0.190. The number of amides is 1. The molecule has 1 amide bonds. The summed E-state index contributed by atoms with van der Waals surface area (Å²) in [5, 5.41) is 6.62. The summed E-state index contributed by atoms with van der Waals surface area (Å²) >= 11 is 0. The van der Waals surface area contributed by atoms with Crippen LogP contribution < -0.4 is 5.73 Å². The van der Waals surface area contributed by atoms with E-state index in [0.29, 0.717) is 5.92 Å². The number of nitrogens with zero attached hydrogens (tertiary/aromatic N) is 1. The van der Waals surface area contributed by atoms with E-state index in [1.54, 1.807) is 6.07 Å². The van der Waals surface area contributed by atoms with Crippen molar-refractivity contribution in [1.29, 1.82) is 0 Å². The van der Waals surface area contributed by atoms with Crippen LogP contribution in [0.3, 0.4) is 0 Å². The van der Waals surface area contributed by atoms with E-state index in [1.807, 2.05) is 0 Å². The Labute approximate surface area is 92.2 Å². The van der Waals surface area contributed by atoms with Gasteiger partial charge in [0, 0.05) is 11.6 Å². The second-order valence-electron chi connectivity index (χ2n) is 3.93. The number of rotatable bonds is 4. The molecule has 1 heterocycles. The van der Waals surface area contributed by atoms with E-state index < -0.39 is 18.0 Å². The molecule has 3 N–H and O–H groups in total. The van der Waals surface area contributed by atoms with Crippen molar-refractivity contribution < 1.29 is 14.3 Å². The normalized spacial score (nSPS) is 16.8. The smallest absolute Gasteiger partial charge is 0.359 e. The van der Waals surface area contributed by atoms with Crippen molar-refractivity contribution in [2.75, 3.05) is 0 Å². The molecule has 86 valence electrons. The molecule has 0 saturated heterocycles. The van der Waals surface area contributed by atoms with Crippen molar-refractivity contribution in [3.8, 4) is 0 Å². The van der Waals surface area contributed by atoms with Crippen molar-refractivity contribution in [2.45, 2.75) is 31.8 Å². The Morgan fingerprint density at radius 2 is 2.31 bits per heavy atom. The lowest BCUT2D eigenvalue weighted by molar-refractivity contribution is -0.125. The Morgan fingerprint density at radius 1 is 1.62 bits per heavy atom. The van der Waals surface area contributed by atoms with Crippen molar-refractivity contribution >= 4 is 11.9 Å². The Balaban J connectivity index is 1.99. The first-order valence-corrected chi connectivity index (χ1v) is 5.13. The number of carbonyl (C=O) groups is 2. The largest absolute Gasteiger partial charge is 0.448 e. The van der Waals surface area contributed by atoms with E-state index in [1.165, 1.54) is 6.92 Å². The zero-order chi connectivity index (χ0) is 11.7. The molecule has 1 aromatic heterocycles. The van der Waals surface area contributed by atoms with Gasteiger partial charge in [-0.2, -0.15) is 5.10 Å². The quantitative estimate of drug-likeness (QED) is 0.718. The van der Waals surface area contributed by atoms with Gasteiger partial charge in [-0.1, -0.05) is 0 Å². The molecule has 6 heteroatoms. The molecule has 1 aromatic rings. The molecule has 1 saturated carbocycles. The van der Waals surface area contributed by atoms with Crippen LogP contribution in [0.4, 0.5) is 0 Å². The molecule has 6 nitrogen and oxygen atoms in total. The summed E-state index contributed by atoms with van der Waals surface area (Å²) in [6.45, 7) is 1.43. The maximum atomic E-state index is 11.5. The van der Waals surface area contributed by atoms with Gasteiger partial charge in [0.1, 0.15) is 0 Å². The third-order valence-corrected chi connectivity index (χ3v) is 2.51. The van der Waals surface area contributed by atoms with Gasteiger partial charge in [0.15, 0.2) is 11.8 Å². The van der Waals surface area contributed by atoms with Crippen LogP contribution >= 0.6 is 0 Å². The Hall–Kier alpha value is -1.85. The minimum atomic E-state index is -0.937. The number of nitrogens with two attached hydrogens (primary N) is 1. The maximum absolute atomic E-state index is 11.5. The Morgan fingerprint density at radius 3 is 2.88 bits per heavy atom. The van der Waals surface area contributed by atoms with E-state index >= 15 is 0 Å². The van der Waals surface area contributed by atoms with Crippen molar-refractivity contribution in [1.82, 2.24) is 10.2 Å². The Kier molecular flexibility index (Phi) is 2.64. The lowest BCUT2D eigenvalue weighted by atomic mass is 10.2. The summed E-state index contributed by atoms with van der Waals surface area (Å²) in [5.41, 5.74) is 6.11. The van der Waals surface area contributed by atoms with Crippen molar-refractivity contribution in [2.24, 2.45) is 5.73 Å². The molecule has 0 radical (unpaired) electrons. The van der Waals surface area contributed by atoms with Gasteiger partial charge in [-0.05, 0) is 25.8 Å². The number of hydrogen-bond donors (Lipinski definition) is 2. The van der Waals surface area contributed by atoms with Gasteiger partial charge in [-0.3, -0.25) is 9.89 Å². The highest BCUT2D eigenvalue weighted by molar-refractivity contribution is 5.90. The first kappa shape index (κ1) is 10.7. The molecule has 0 spiro atoms. The summed E-state index contributed by atoms with van der Waals surface area (Å²) in [7, 11) is 0. The predicted octanol–water partition coefficient (Wildman–Crippen LogP) is 0.318. The monoisotopic (exact) mass is 223 g/mol. The van der Waals surface area contributed by atoms with Crippen LogP contribution in [0.1, 0.15) is 41.9 Å². The summed E-state index contributed by atoms with van der Waals surface area (Å²) in [4.78, 5) is 22.2. The summed E-state index contributed by atoms with van der Waals surface area (Å²) in [6.07, 6.45) is 1.30. The molecule has 1 atom stereocenters. The number of aromatic nitrogens is 2. The van der Waals surface area contributed by atoms with Gasteiger partial charge in [-0.15, -0.1) is 0 Å². The van der Waals surface area contributed by atoms with E-state index in [2.05, 4.69) is 10.2 Å². The SMILES string of the molecule is CC(OC(=O)c1cc(C2CC2)[nH]n1)C(N)=O. The van der Waals surface area contributed by atoms with Crippen LogP contribution in [0.5, 0.6) is 0 Å². The van der Waals surface area contributed by atoms with Crippen molar-refractivity contribution in [3.63, 3.8) is 0 Å². The lowest BCUT2D eigenvalue weighted by Crippen LogP contribution is -2.30. The number of ether oxygens (including phenoxy) is 1. The minimum Gasteiger partial charge on any atom is -0.448 e. The Bertz CT molecular complexity index is 423. The molecule has 1 aliphatic rings. The first-order valence-electron chi connectivity index (χ1n) is 5.13. The van der Waals surface area contributed by atoms with Crippen LogP contribution in [-0.2, 0) is 9.53 Å². The average Bonchev–Trinajstić information content (AvgIpc) is 2.96. The van der Waals surface area contributed by atoms with E-state index in [-0.39, 0.29) is 5.69 Å². The second-order valence-corrected chi connectivity index (χ2v) is 3.93. The van der Waals surface area contributed by atoms with Crippen LogP contribution in [0.2, 0.25) is 0 Å². The zero-order valence-electron chi connectivity index (χ0n) is 8.90. The molecule has 0 aliphatic heterocycles. The number of nitrogens with one attached hydrogen (secondary N) is 1. The number of carbonyl (C=O) groups excluding carboxylic acids is 2. The molecule has 1 unspecified atom stereocenters. The van der Waals surface area contributed by atoms with E-state index in [4.69, 9.17) is 10.5 Å². The fraction of sp³-hybridized carbons (Fsp3) is 0.500. The third kappa shape index (κ3) is 2.21. The predicted molar refractivity (Wildman–Crippen MR) is 54.6 cm³/mol. The summed E-state index contributed by atoms with van der Waals surface area (Å²) in [5.74, 6) is -0.816. The number of esters is 1. The molecule has 0 bridgehead atoms. The molecule has 1 aliphatic carbocycles. The topological polar surface area (TPSA) is 98.1 Å². The van der Waals surface area contributed by atoms with E-state index in [9.17, 15) is 9.59 Å². The molecule has 16 heavy (non-hydrogen) atoms. The van der Waals surface area contributed by atoms with Crippen LogP contribution in [0, 0.1) is 0 Å². The third-order valence-electron chi connectivity index (χ3n) is 2.51. The molecule has 0 aromatic carbocycles. The standard InChI is InChI=1S/C10H13N3O3/c1-5(9(11)14)16-10(15)8-4-7(12-13-8)6-2-3-6/h4-6H,2-3H2,1H3,(H2,11,14)(H,12,13). The summed E-state index contributed by atoms with van der Waals surface area (Å²) < 4.78 is 4.82. The maximum Gasteiger partial charge on any atom is 0.359 e. The number of H-pyrrole nitrogens is 1. The highest BCUT2D eigenvalue weighted by Gasteiger charge is 2.27. The van der Waals surface area contributed by atoms with Gasteiger partial charge < -0.3 is 10.5 Å². The van der Waals surface area contributed by atoms with E-state index in [0.717, 1.165) is 18.5 Å². The lowest BCUT2D eigenvalue weighted by Gasteiger charge is -2.07. The number of primary amides is 1. The molecular formula is C10H13N3O3. The van der Waals surface area contributed by atoms with Gasteiger partial charge >= 0.3 is 5.97 Å². The molecule has 1 fully saturated rings. The fourth-order valence-electron chi connectivity index (χ4n) is 1.32. The average molecular weight is 223 g/mol. The van der Waals surface area contributed by atoms with Gasteiger partial charge in [0.2, 0.25) is 0 Å². The van der Waals surface area contributed by atoms with Crippen molar-refractivity contribution in [3.05, 3.63) is 17.5 Å². The number of aromatic amines is 1. The van der Waals surface area contributed by atoms with Gasteiger partial charge in [-0.25, -0.2) is 4.79 Å². The van der Waals surface area contributed by atoms with Gasteiger partial charge in [0.25, 0.3) is 5.91 Å². The van der Waals surface area contributed by atoms with Crippen LogP contribution in [-0.4, -0.2) is 28.2 Å². The first-order chi connectivity index (χ1) is 7.58.